The summed E-state index contributed by atoms with van der Waals surface area (Å²) in [5.74, 6) is 0.176. The predicted molar refractivity (Wildman–Crippen MR) is 58.7 cm³/mol. The number of hydrogen-bond donors (Lipinski definition) is 1. The minimum atomic E-state index is -3.17. The molecule has 2 aromatic rings. The number of aromatic hydroxyl groups is 1. The van der Waals surface area contributed by atoms with Crippen LogP contribution in [0, 0.1) is 0 Å². The lowest BCUT2D eigenvalue weighted by Gasteiger charge is -2.02. The van der Waals surface area contributed by atoms with E-state index in [9.17, 15) is 13.5 Å². The SMILES string of the molecule is CS(=O)(=O)c1ccc2cc(O)ccc2c1. The van der Waals surface area contributed by atoms with Gasteiger partial charge in [-0.05, 0) is 35.0 Å². The highest BCUT2D eigenvalue weighted by Crippen LogP contribution is 2.22. The van der Waals surface area contributed by atoms with E-state index in [-0.39, 0.29) is 5.75 Å². The Kier molecular flexibility index (Phi) is 2.16. The van der Waals surface area contributed by atoms with E-state index < -0.39 is 9.84 Å². The van der Waals surface area contributed by atoms with Crippen LogP contribution >= 0.6 is 0 Å². The van der Waals surface area contributed by atoms with E-state index in [0.717, 1.165) is 10.8 Å². The van der Waals surface area contributed by atoms with Crippen LogP contribution in [0.2, 0.25) is 0 Å². The Morgan fingerprint density at radius 2 is 1.60 bits per heavy atom. The lowest BCUT2D eigenvalue weighted by Crippen LogP contribution is -1.96. The van der Waals surface area contributed by atoms with Gasteiger partial charge in [0.2, 0.25) is 0 Å². The van der Waals surface area contributed by atoms with Crippen molar-refractivity contribution in [1.82, 2.24) is 0 Å². The van der Waals surface area contributed by atoms with Crippen molar-refractivity contribution in [2.24, 2.45) is 0 Å². The molecule has 0 aromatic heterocycles. The number of sulfone groups is 1. The molecule has 0 fully saturated rings. The van der Waals surface area contributed by atoms with E-state index in [4.69, 9.17) is 0 Å². The van der Waals surface area contributed by atoms with Gasteiger partial charge in [0.1, 0.15) is 5.75 Å². The van der Waals surface area contributed by atoms with Crippen molar-refractivity contribution in [3.63, 3.8) is 0 Å². The number of fused-ring (bicyclic) bond motifs is 1. The van der Waals surface area contributed by atoms with Crippen LogP contribution in [0.4, 0.5) is 0 Å². The zero-order chi connectivity index (χ0) is 11.1. The van der Waals surface area contributed by atoms with Gasteiger partial charge in [-0.3, -0.25) is 0 Å². The van der Waals surface area contributed by atoms with Crippen molar-refractivity contribution in [2.75, 3.05) is 6.26 Å². The Balaban J connectivity index is 2.73. The van der Waals surface area contributed by atoms with E-state index in [1.54, 1.807) is 24.3 Å². The first-order valence-corrected chi connectivity index (χ1v) is 6.29. The van der Waals surface area contributed by atoms with Crippen molar-refractivity contribution in [3.8, 4) is 5.75 Å². The number of phenols is 1. The van der Waals surface area contributed by atoms with Crippen LogP contribution < -0.4 is 0 Å². The first-order chi connectivity index (χ1) is 6.97. The van der Waals surface area contributed by atoms with Gasteiger partial charge in [0.05, 0.1) is 4.90 Å². The minimum absolute atomic E-state index is 0.176. The normalized spacial score (nSPS) is 11.8. The number of phenolic OH excluding ortho intramolecular Hbond substituents is 1. The van der Waals surface area contributed by atoms with Crippen molar-refractivity contribution in [2.45, 2.75) is 4.90 Å². The Hall–Kier alpha value is -1.55. The molecule has 0 amide bonds. The van der Waals surface area contributed by atoms with Crippen molar-refractivity contribution in [1.29, 1.82) is 0 Å². The molecule has 0 atom stereocenters. The molecule has 78 valence electrons. The van der Waals surface area contributed by atoms with Gasteiger partial charge < -0.3 is 5.11 Å². The summed E-state index contributed by atoms with van der Waals surface area (Å²) in [5.41, 5.74) is 0. The van der Waals surface area contributed by atoms with Crippen molar-refractivity contribution in [3.05, 3.63) is 36.4 Å². The molecule has 15 heavy (non-hydrogen) atoms. The maximum absolute atomic E-state index is 11.3. The van der Waals surface area contributed by atoms with Crippen LogP contribution in [-0.4, -0.2) is 19.8 Å². The molecule has 0 unspecified atom stereocenters. The summed E-state index contributed by atoms with van der Waals surface area (Å²) in [6.45, 7) is 0. The molecular weight excluding hydrogens is 212 g/mol. The Morgan fingerprint density at radius 3 is 2.27 bits per heavy atom. The third kappa shape index (κ3) is 1.94. The average Bonchev–Trinajstić information content (AvgIpc) is 2.15. The van der Waals surface area contributed by atoms with Crippen molar-refractivity contribution >= 4 is 20.6 Å². The maximum atomic E-state index is 11.3. The Labute approximate surface area is 87.9 Å². The van der Waals surface area contributed by atoms with E-state index in [2.05, 4.69) is 0 Å². The molecule has 0 aliphatic rings. The fraction of sp³-hybridized carbons (Fsp3) is 0.0909. The van der Waals surface area contributed by atoms with E-state index in [1.165, 1.54) is 18.4 Å². The predicted octanol–water partition coefficient (Wildman–Crippen LogP) is 1.95. The fourth-order valence-corrected chi connectivity index (χ4v) is 2.10. The van der Waals surface area contributed by atoms with Crippen LogP contribution in [0.15, 0.2) is 41.3 Å². The van der Waals surface area contributed by atoms with Crippen LogP contribution in [0.5, 0.6) is 5.75 Å². The summed E-state index contributed by atoms with van der Waals surface area (Å²) in [7, 11) is -3.17. The molecule has 0 radical (unpaired) electrons. The second kappa shape index (κ2) is 3.24. The molecule has 0 saturated carbocycles. The Bertz CT molecular complexity index is 615. The summed E-state index contributed by atoms with van der Waals surface area (Å²) in [5, 5.41) is 10.9. The highest BCUT2D eigenvalue weighted by atomic mass is 32.2. The van der Waals surface area contributed by atoms with Gasteiger partial charge in [-0.2, -0.15) is 0 Å². The minimum Gasteiger partial charge on any atom is -0.508 e. The Morgan fingerprint density at radius 1 is 1.00 bits per heavy atom. The summed E-state index contributed by atoms with van der Waals surface area (Å²) < 4.78 is 22.6. The molecule has 0 saturated heterocycles. The molecule has 2 aromatic carbocycles. The number of benzene rings is 2. The molecule has 0 spiro atoms. The summed E-state index contributed by atoms with van der Waals surface area (Å²) in [6, 6.07) is 9.65. The molecule has 0 aliphatic heterocycles. The second-order valence-corrected chi connectivity index (χ2v) is 5.48. The van der Waals surface area contributed by atoms with Gasteiger partial charge >= 0.3 is 0 Å². The molecule has 0 heterocycles. The van der Waals surface area contributed by atoms with Gasteiger partial charge in [-0.15, -0.1) is 0 Å². The maximum Gasteiger partial charge on any atom is 0.175 e. The molecule has 0 aliphatic carbocycles. The lowest BCUT2D eigenvalue weighted by molar-refractivity contribution is 0.476. The summed E-state index contributed by atoms with van der Waals surface area (Å²) in [4.78, 5) is 0.292. The highest BCUT2D eigenvalue weighted by Gasteiger charge is 2.07. The zero-order valence-corrected chi connectivity index (χ0v) is 8.95. The molecule has 3 nitrogen and oxygen atoms in total. The van der Waals surface area contributed by atoms with E-state index >= 15 is 0 Å². The third-order valence-electron chi connectivity index (χ3n) is 2.22. The standard InChI is InChI=1S/C11H10O3S/c1-15(13,14)11-5-3-8-6-10(12)4-2-9(8)7-11/h2-7,12H,1H3. The largest absolute Gasteiger partial charge is 0.508 e. The monoisotopic (exact) mass is 222 g/mol. The van der Waals surface area contributed by atoms with Gasteiger partial charge in [0.15, 0.2) is 9.84 Å². The van der Waals surface area contributed by atoms with E-state index in [0.29, 0.717) is 4.90 Å². The molecule has 4 heteroatoms. The first kappa shape index (κ1) is 9.98. The molecular formula is C11H10O3S. The zero-order valence-electron chi connectivity index (χ0n) is 8.14. The fourth-order valence-electron chi connectivity index (χ4n) is 1.44. The summed E-state index contributed by atoms with van der Waals surface area (Å²) >= 11 is 0. The van der Waals surface area contributed by atoms with Gasteiger partial charge in [-0.1, -0.05) is 12.1 Å². The second-order valence-electron chi connectivity index (χ2n) is 3.47. The highest BCUT2D eigenvalue weighted by molar-refractivity contribution is 7.90. The van der Waals surface area contributed by atoms with Crippen molar-refractivity contribution < 1.29 is 13.5 Å². The van der Waals surface area contributed by atoms with Gasteiger partial charge in [0, 0.05) is 6.26 Å². The molecule has 2 rings (SSSR count). The van der Waals surface area contributed by atoms with Gasteiger partial charge in [-0.25, -0.2) is 8.42 Å². The van der Waals surface area contributed by atoms with Crippen LogP contribution in [-0.2, 0) is 9.84 Å². The number of rotatable bonds is 1. The van der Waals surface area contributed by atoms with Gasteiger partial charge in [0.25, 0.3) is 0 Å². The third-order valence-corrected chi connectivity index (χ3v) is 3.33. The lowest BCUT2D eigenvalue weighted by atomic mass is 10.1. The summed E-state index contributed by atoms with van der Waals surface area (Å²) in [6.07, 6.45) is 1.18. The van der Waals surface area contributed by atoms with Crippen LogP contribution in [0.3, 0.4) is 0 Å². The van der Waals surface area contributed by atoms with E-state index in [1.807, 2.05) is 0 Å². The average molecular weight is 222 g/mol. The first-order valence-electron chi connectivity index (χ1n) is 4.40. The molecule has 0 bridgehead atoms. The quantitative estimate of drug-likeness (QED) is 0.802. The molecule has 1 N–H and O–H groups in total. The smallest absolute Gasteiger partial charge is 0.175 e. The van der Waals surface area contributed by atoms with Crippen LogP contribution in [0.1, 0.15) is 0 Å². The van der Waals surface area contributed by atoms with Crippen LogP contribution in [0.25, 0.3) is 10.8 Å². The topological polar surface area (TPSA) is 54.4 Å². The number of hydrogen-bond acceptors (Lipinski definition) is 3.